The lowest BCUT2D eigenvalue weighted by Gasteiger charge is -2.27. The van der Waals surface area contributed by atoms with E-state index in [1.165, 1.54) is 0 Å². The molecule has 1 aliphatic rings. The molecule has 4 rings (SSSR count). The van der Waals surface area contributed by atoms with Gasteiger partial charge in [-0.05, 0) is 19.1 Å². The summed E-state index contributed by atoms with van der Waals surface area (Å²) in [5, 5.41) is 4.99. The fourth-order valence-electron chi connectivity index (χ4n) is 3.22. The van der Waals surface area contributed by atoms with Crippen LogP contribution in [0.1, 0.15) is 22.5 Å². The monoisotopic (exact) mass is 359 g/mol. The molecule has 1 N–H and O–H groups in total. The van der Waals surface area contributed by atoms with Crippen molar-refractivity contribution >= 4 is 11.6 Å². The van der Waals surface area contributed by atoms with Crippen LogP contribution in [-0.4, -0.2) is 31.2 Å². The molecule has 3 aromatic rings. The summed E-state index contributed by atoms with van der Waals surface area (Å²) in [7, 11) is 1.83. The quantitative estimate of drug-likeness (QED) is 0.776. The molecule has 130 valence electrons. The maximum absolute atomic E-state index is 12.5. The van der Waals surface area contributed by atoms with E-state index in [0.717, 1.165) is 23.5 Å². The first-order valence-corrected chi connectivity index (χ1v) is 8.47. The molecule has 0 unspecified atom stereocenters. The molecule has 0 spiro atoms. The fourth-order valence-corrected chi connectivity index (χ4v) is 3.46. The van der Waals surface area contributed by atoms with Crippen LogP contribution in [0.5, 0.6) is 0 Å². The Morgan fingerprint density at radius 2 is 2.28 bits per heavy atom. The number of H-pyrrole nitrogens is 1. The number of fused-ring (bicyclic) bond motifs is 1. The number of hydrogen-bond donors (Lipinski definition) is 1. The number of aromatic amines is 1. The molecule has 0 amide bonds. The molecule has 3 aromatic heterocycles. The first-order valence-electron chi connectivity index (χ1n) is 8.09. The van der Waals surface area contributed by atoms with E-state index in [-0.39, 0.29) is 5.56 Å². The highest BCUT2D eigenvalue weighted by Gasteiger charge is 2.24. The lowest BCUT2D eigenvalue weighted by atomic mass is 10.1. The van der Waals surface area contributed by atoms with E-state index in [1.54, 1.807) is 23.1 Å². The average Bonchev–Trinajstić information content (AvgIpc) is 3.20. The average molecular weight is 360 g/mol. The van der Waals surface area contributed by atoms with Crippen molar-refractivity contribution in [2.24, 2.45) is 7.05 Å². The summed E-state index contributed by atoms with van der Waals surface area (Å²) in [5.74, 6) is 1.05. The zero-order valence-corrected chi connectivity index (χ0v) is 14.8. The Hall–Kier alpha value is -2.38. The zero-order valence-electron chi connectivity index (χ0n) is 14.0. The summed E-state index contributed by atoms with van der Waals surface area (Å²) < 4.78 is 7.00. The van der Waals surface area contributed by atoms with E-state index in [9.17, 15) is 4.79 Å². The molecule has 1 aliphatic heterocycles. The molecule has 0 fully saturated rings. The minimum absolute atomic E-state index is 0.116. The van der Waals surface area contributed by atoms with Crippen molar-refractivity contribution in [2.75, 3.05) is 6.54 Å². The van der Waals surface area contributed by atoms with Gasteiger partial charge in [-0.1, -0.05) is 11.6 Å². The number of rotatable bonds is 3. The van der Waals surface area contributed by atoms with Gasteiger partial charge in [0.05, 0.1) is 23.2 Å². The van der Waals surface area contributed by atoms with Crippen molar-refractivity contribution in [3.63, 3.8) is 0 Å². The van der Waals surface area contributed by atoms with Crippen molar-refractivity contribution in [1.82, 2.24) is 24.6 Å². The third kappa shape index (κ3) is 2.89. The van der Waals surface area contributed by atoms with Crippen molar-refractivity contribution in [1.29, 1.82) is 0 Å². The van der Waals surface area contributed by atoms with E-state index in [2.05, 4.69) is 20.0 Å². The highest BCUT2D eigenvalue weighted by Crippen LogP contribution is 2.24. The van der Waals surface area contributed by atoms with E-state index >= 15 is 0 Å². The summed E-state index contributed by atoms with van der Waals surface area (Å²) in [6.45, 7) is 3.97. The predicted molar refractivity (Wildman–Crippen MR) is 93.3 cm³/mol. The van der Waals surface area contributed by atoms with Crippen molar-refractivity contribution in [2.45, 2.75) is 26.4 Å². The molecule has 4 heterocycles. The highest BCUT2D eigenvalue weighted by molar-refractivity contribution is 6.30. The summed E-state index contributed by atoms with van der Waals surface area (Å²) in [5.41, 5.74) is 3.34. The molecule has 0 saturated heterocycles. The van der Waals surface area contributed by atoms with Crippen LogP contribution in [0, 0.1) is 6.92 Å². The standard InChI is InChI=1S/C17H18ClN5O2/c1-10-11(15(18)22(2)21-10)8-23-6-5-13-12(9-23)17(24)20-16(19-13)14-4-3-7-25-14/h3-4,7H,5-6,8-9H2,1-2H3,(H,19,20,24). The largest absolute Gasteiger partial charge is 0.461 e. The van der Waals surface area contributed by atoms with Gasteiger partial charge in [0, 0.05) is 38.7 Å². The van der Waals surface area contributed by atoms with Crippen molar-refractivity contribution in [3.05, 3.63) is 56.4 Å². The molecule has 0 bridgehead atoms. The molecule has 8 heteroatoms. The Labute approximate surface area is 149 Å². The number of aromatic nitrogens is 4. The smallest absolute Gasteiger partial charge is 0.256 e. The van der Waals surface area contributed by atoms with Gasteiger partial charge in [-0.2, -0.15) is 5.10 Å². The molecule has 7 nitrogen and oxygen atoms in total. The molecule has 0 aromatic carbocycles. The summed E-state index contributed by atoms with van der Waals surface area (Å²) >= 11 is 6.33. The van der Waals surface area contributed by atoms with Crippen LogP contribution < -0.4 is 5.56 Å². The van der Waals surface area contributed by atoms with Crippen molar-refractivity contribution in [3.8, 4) is 11.6 Å². The van der Waals surface area contributed by atoms with Gasteiger partial charge in [-0.3, -0.25) is 14.4 Å². The number of nitrogens with one attached hydrogen (secondary N) is 1. The molecule has 0 radical (unpaired) electrons. The normalized spacial score (nSPS) is 14.7. The van der Waals surface area contributed by atoms with Gasteiger partial charge in [-0.25, -0.2) is 4.98 Å². The van der Waals surface area contributed by atoms with Gasteiger partial charge in [0.1, 0.15) is 5.15 Å². The minimum atomic E-state index is -0.116. The summed E-state index contributed by atoms with van der Waals surface area (Å²) in [4.78, 5) is 22.1. The van der Waals surface area contributed by atoms with E-state index in [4.69, 9.17) is 16.0 Å². The van der Waals surface area contributed by atoms with Gasteiger partial charge in [-0.15, -0.1) is 0 Å². The van der Waals surface area contributed by atoms with Crippen LogP contribution in [0.3, 0.4) is 0 Å². The van der Waals surface area contributed by atoms with Crippen LogP contribution >= 0.6 is 11.6 Å². The second-order valence-electron chi connectivity index (χ2n) is 6.26. The van der Waals surface area contributed by atoms with Gasteiger partial charge < -0.3 is 9.40 Å². The maximum atomic E-state index is 12.5. The molecule has 25 heavy (non-hydrogen) atoms. The number of nitrogens with zero attached hydrogens (tertiary/aromatic N) is 4. The number of furan rings is 1. The van der Waals surface area contributed by atoms with Gasteiger partial charge in [0.2, 0.25) is 0 Å². The van der Waals surface area contributed by atoms with E-state index in [0.29, 0.717) is 41.8 Å². The molecular weight excluding hydrogens is 342 g/mol. The predicted octanol–water partition coefficient (Wildman–Crippen LogP) is 2.28. The Morgan fingerprint density at radius 3 is 2.96 bits per heavy atom. The van der Waals surface area contributed by atoms with Crippen molar-refractivity contribution < 1.29 is 4.42 Å². The highest BCUT2D eigenvalue weighted by atomic mass is 35.5. The second kappa shape index (κ2) is 6.16. The van der Waals surface area contributed by atoms with Crippen LogP contribution in [0.4, 0.5) is 0 Å². The van der Waals surface area contributed by atoms with Crippen LogP contribution in [0.25, 0.3) is 11.6 Å². The molecule has 0 atom stereocenters. The van der Waals surface area contributed by atoms with Crippen LogP contribution in [0.2, 0.25) is 5.15 Å². The molecular formula is C17H18ClN5O2. The lowest BCUT2D eigenvalue weighted by Crippen LogP contribution is -2.35. The summed E-state index contributed by atoms with van der Waals surface area (Å²) in [6.07, 6.45) is 2.28. The SMILES string of the molecule is Cc1nn(C)c(Cl)c1CN1CCc2nc(-c3ccco3)[nH]c(=O)c2C1. The van der Waals surface area contributed by atoms with E-state index in [1.807, 2.05) is 14.0 Å². The Balaban J connectivity index is 1.60. The zero-order chi connectivity index (χ0) is 17.6. The second-order valence-corrected chi connectivity index (χ2v) is 6.61. The first-order chi connectivity index (χ1) is 12.0. The third-order valence-corrected chi connectivity index (χ3v) is 5.03. The number of aryl methyl sites for hydroxylation is 2. The fraction of sp³-hybridized carbons (Fsp3) is 0.353. The third-order valence-electron chi connectivity index (χ3n) is 4.55. The minimum Gasteiger partial charge on any atom is -0.461 e. The van der Waals surface area contributed by atoms with Crippen LogP contribution in [0.15, 0.2) is 27.6 Å². The van der Waals surface area contributed by atoms with Crippen LogP contribution in [-0.2, 0) is 26.6 Å². The van der Waals surface area contributed by atoms with E-state index < -0.39 is 0 Å². The Kier molecular flexibility index (Phi) is 3.97. The lowest BCUT2D eigenvalue weighted by molar-refractivity contribution is 0.241. The maximum Gasteiger partial charge on any atom is 0.256 e. The molecule has 0 saturated carbocycles. The Morgan fingerprint density at radius 1 is 1.44 bits per heavy atom. The number of hydrogen-bond acceptors (Lipinski definition) is 5. The Bertz CT molecular complexity index is 974. The van der Waals surface area contributed by atoms with Gasteiger partial charge >= 0.3 is 0 Å². The topological polar surface area (TPSA) is 80.0 Å². The molecule has 0 aliphatic carbocycles. The first kappa shape index (κ1) is 16.1. The van der Waals surface area contributed by atoms with Gasteiger partial charge in [0.25, 0.3) is 5.56 Å². The number of halogens is 1. The van der Waals surface area contributed by atoms with Gasteiger partial charge in [0.15, 0.2) is 11.6 Å². The summed E-state index contributed by atoms with van der Waals surface area (Å²) in [6, 6.07) is 3.56.